The molecule has 0 spiro atoms. The van der Waals surface area contributed by atoms with E-state index in [2.05, 4.69) is 4.90 Å². The molecular weight excluding hydrogens is 537 g/mol. The first-order chi connectivity index (χ1) is 18.7. The molecule has 0 aliphatic carbocycles. The summed E-state index contributed by atoms with van der Waals surface area (Å²) < 4.78 is 49.5. The highest BCUT2D eigenvalue weighted by Gasteiger charge is 2.32. The Morgan fingerprint density at radius 3 is 2.25 bits per heavy atom. The molecule has 4 rings (SSSR count). The Labute approximate surface area is 226 Å². The molecular formula is C26H29F3N4O7. The lowest BCUT2D eigenvalue weighted by Crippen LogP contribution is -2.52. The van der Waals surface area contributed by atoms with Gasteiger partial charge in [0.15, 0.2) is 6.61 Å². The highest BCUT2D eigenvalue weighted by molar-refractivity contribution is 5.93. The quantitative estimate of drug-likeness (QED) is 0.461. The predicted molar refractivity (Wildman–Crippen MR) is 136 cm³/mol. The number of nitrogens with zero attached hydrogens (tertiary/aromatic N) is 4. The Balaban J connectivity index is 1.46. The van der Waals surface area contributed by atoms with E-state index < -0.39 is 47.3 Å². The lowest BCUT2D eigenvalue weighted by Gasteiger charge is -2.40. The monoisotopic (exact) mass is 566 g/mol. The summed E-state index contributed by atoms with van der Waals surface area (Å²) in [4.78, 5) is 59.1. The second kappa shape index (κ2) is 11.2. The summed E-state index contributed by atoms with van der Waals surface area (Å²) in [6.45, 7) is 6.39. The normalized spacial score (nSPS) is 17.4. The van der Waals surface area contributed by atoms with Crippen LogP contribution in [-0.4, -0.2) is 71.6 Å². The number of carbonyl (C=O) groups excluding carboxylic acids is 2. The lowest BCUT2D eigenvalue weighted by molar-refractivity contribution is -0.153. The van der Waals surface area contributed by atoms with Crippen molar-refractivity contribution < 1.29 is 37.1 Å². The molecule has 1 aromatic heterocycles. The molecule has 14 heteroatoms. The van der Waals surface area contributed by atoms with E-state index in [1.807, 2.05) is 18.7 Å². The van der Waals surface area contributed by atoms with Gasteiger partial charge in [-0.25, -0.2) is 14.4 Å². The molecule has 3 heterocycles. The molecule has 0 bridgehead atoms. The molecule has 1 fully saturated rings. The molecule has 0 unspecified atom stereocenters. The van der Waals surface area contributed by atoms with Crippen molar-refractivity contribution in [2.24, 2.45) is 5.41 Å². The van der Waals surface area contributed by atoms with E-state index in [4.69, 9.17) is 14.3 Å². The van der Waals surface area contributed by atoms with Gasteiger partial charge in [-0.3, -0.25) is 14.3 Å². The van der Waals surface area contributed by atoms with Crippen molar-refractivity contribution in [2.45, 2.75) is 33.5 Å². The Morgan fingerprint density at radius 1 is 0.925 bits per heavy atom. The smallest absolute Gasteiger partial charge is 0.422 e. The number of hydrogen-bond donors (Lipinski definition) is 0. The van der Waals surface area contributed by atoms with Crippen molar-refractivity contribution in [2.75, 3.05) is 44.2 Å². The van der Waals surface area contributed by atoms with Crippen molar-refractivity contribution in [3.63, 3.8) is 0 Å². The summed E-state index contributed by atoms with van der Waals surface area (Å²) in [5.74, 6) is -2.21. The van der Waals surface area contributed by atoms with E-state index in [1.54, 1.807) is 18.2 Å². The summed E-state index contributed by atoms with van der Waals surface area (Å²) in [6.07, 6.45) is -2.80. The summed E-state index contributed by atoms with van der Waals surface area (Å²) >= 11 is 0. The second-order valence-corrected chi connectivity index (χ2v) is 10.4. The zero-order valence-electron chi connectivity index (χ0n) is 22.2. The van der Waals surface area contributed by atoms with Gasteiger partial charge in [-0.05, 0) is 24.5 Å². The number of ether oxygens (including phenoxy) is 2. The zero-order chi connectivity index (χ0) is 29.2. The van der Waals surface area contributed by atoms with Crippen LogP contribution in [0.3, 0.4) is 0 Å². The highest BCUT2D eigenvalue weighted by Crippen LogP contribution is 2.31. The second-order valence-electron chi connectivity index (χ2n) is 10.4. The largest absolute Gasteiger partial charge is 0.482 e. The van der Waals surface area contributed by atoms with Gasteiger partial charge in [-0.2, -0.15) is 13.2 Å². The van der Waals surface area contributed by atoms with Crippen LogP contribution >= 0.6 is 0 Å². The molecule has 11 nitrogen and oxygen atoms in total. The molecule has 40 heavy (non-hydrogen) atoms. The van der Waals surface area contributed by atoms with E-state index in [1.165, 1.54) is 13.0 Å². The van der Waals surface area contributed by atoms with Gasteiger partial charge in [0.25, 0.3) is 11.4 Å². The van der Waals surface area contributed by atoms with Crippen LogP contribution < -0.4 is 30.5 Å². The number of benzene rings is 1. The average Bonchev–Trinajstić information content (AvgIpc) is 2.88. The van der Waals surface area contributed by atoms with Crippen molar-refractivity contribution >= 4 is 17.6 Å². The maximum Gasteiger partial charge on any atom is 0.422 e. The third kappa shape index (κ3) is 6.73. The molecule has 216 valence electrons. The molecule has 2 aromatic rings. The van der Waals surface area contributed by atoms with E-state index in [9.17, 15) is 32.3 Å². The number of carbonyl (C=O) groups is 2. The number of anilines is 1. The summed E-state index contributed by atoms with van der Waals surface area (Å²) in [5.41, 5.74) is -1.76. The Morgan fingerprint density at radius 2 is 1.57 bits per heavy atom. The molecule has 2 aliphatic rings. The summed E-state index contributed by atoms with van der Waals surface area (Å²) in [5, 5.41) is 0. The van der Waals surface area contributed by atoms with Crippen LogP contribution in [0.25, 0.3) is 0 Å². The predicted octanol–water partition coefficient (Wildman–Crippen LogP) is 1.54. The van der Waals surface area contributed by atoms with Gasteiger partial charge >= 0.3 is 23.8 Å². The number of rotatable bonds is 7. The van der Waals surface area contributed by atoms with Crippen LogP contribution in [0.5, 0.6) is 11.6 Å². The van der Waals surface area contributed by atoms with Gasteiger partial charge < -0.3 is 19.2 Å². The van der Waals surface area contributed by atoms with E-state index in [0.717, 1.165) is 16.7 Å². The van der Waals surface area contributed by atoms with Gasteiger partial charge in [0.05, 0.1) is 11.3 Å². The molecule has 0 N–H and O–H groups in total. The Bertz CT molecular complexity index is 1440. The Hall–Kier alpha value is -4.07. The summed E-state index contributed by atoms with van der Waals surface area (Å²) in [6, 6.07) is 6.57. The number of hydrogen-bond acceptors (Lipinski definition) is 9. The molecule has 1 aromatic carbocycles. The molecule has 0 atom stereocenters. The van der Waals surface area contributed by atoms with Gasteiger partial charge in [-0.15, -0.1) is 0 Å². The third-order valence-electron chi connectivity index (χ3n) is 6.42. The number of alkyl halides is 3. The minimum absolute atomic E-state index is 0.0263. The lowest BCUT2D eigenvalue weighted by atomic mass is 9.92. The van der Waals surface area contributed by atoms with Gasteiger partial charge in [0.1, 0.15) is 5.75 Å². The Kier molecular flexibility index (Phi) is 8.10. The maximum atomic E-state index is 13.2. The van der Waals surface area contributed by atoms with Crippen LogP contribution in [0.4, 0.5) is 18.9 Å². The minimum Gasteiger partial charge on any atom is -0.482 e. The van der Waals surface area contributed by atoms with Crippen molar-refractivity contribution in [1.29, 1.82) is 0 Å². The fourth-order valence-corrected chi connectivity index (χ4v) is 4.68. The molecule has 0 saturated carbocycles. The van der Waals surface area contributed by atoms with Crippen molar-refractivity contribution in [1.82, 2.24) is 14.2 Å². The number of para-hydroxylation sites is 2. The zero-order valence-corrected chi connectivity index (χ0v) is 22.2. The number of aromatic nitrogens is 2. The highest BCUT2D eigenvalue weighted by atomic mass is 19.4. The van der Waals surface area contributed by atoms with Gasteiger partial charge in [0, 0.05) is 51.4 Å². The van der Waals surface area contributed by atoms with E-state index in [0.29, 0.717) is 43.1 Å². The maximum absolute atomic E-state index is 13.2. The fraction of sp³-hybridized carbons (Fsp3) is 0.462. The standard InChI is InChI=1S/C26H29F3N4O7/c1-17-22(36)32(24(37)33-23(17)39-20(34)8-9-21(35)40-33)15-25(2,3)14-30-10-12-31(13-11-30)18-6-4-5-7-19(18)38-16-26(27,28)29/h4-9H,10-16H2,1-3H3/b9-8+. The third-order valence-corrected chi connectivity index (χ3v) is 6.42. The number of fused-ring (bicyclic) bond motifs is 1. The van der Waals surface area contributed by atoms with Crippen molar-refractivity contribution in [3.8, 4) is 11.6 Å². The molecule has 0 amide bonds. The first kappa shape index (κ1) is 28.9. The van der Waals surface area contributed by atoms with Crippen LogP contribution in [0.1, 0.15) is 19.4 Å². The van der Waals surface area contributed by atoms with Crippen molar-refractivity contribution in [3.05, 3.63) is 62.8 Å². The number of esters is 1. The first-order valence-corrected chi connectivity index (χ1v) is 12.5. The number of piperazine rings is 1. The topological polar surface area (TPSA) is 112 Å². The molecule has 1 saturated heterocycles. The van der Waals surface area contributed by atoms with Crippen LogP contribution in [0.2, 0.25) is 0 Å². The van der Waals surface area contributed by atoms with Crippen LogP contribution in [0.15, 0.2) is 46.0 Å². The van der Waals surface area contributed by atoms with Crippen LogP contribution in [0, 0.1) is 12.3 Å². The van der Waals surface area contributed by atoms with E-state index in [-0.39, 0.29) is 17.9 Å². The van der Waals surface area contributed by atoms with Gasteiger partial charge in [0.2, 0.25) is 0 Å². The van der Waals surface area contributed by atoms with E-state index >= 15 is 0 Å². The molecule has 2 aliphatic heterocycles. The summed E-state index contributed by atoms with van der Waals surface area (Å²) in [7, 11) is 0. The first-order valence-electron chi connectivity index (χ1n) is 12.5. The SMILES string of the molecule is Cc1c2n(c(=O)n(CC(C)(C)CN3CCN(c4ccccc4OCC(F)(F)F)CC3)c1=O)OC(=O)/C=C/C(=O)O2. The minimum atomic E-state index is -4.44. The average molecular weight is 567 g/mol. The van der Waals surface area contributed by atoms with Gasteiger partial charge in [-0.1, -0.05) is 30.7 Å². The molecule has 0 radical (unpaired) electrons. The van der Waals surface area contributed by atoms with Crippen LogP contribution in [-0.2, 0) is 16.1 Å². The number of halogens is 3. The fourth-order valence-electron chi connectivity index (χ4n) is 4.68.